The quantitative estimate of drug-likeness (QED) is 0.706. The van der Waals surface area contributed by atoms with Gasteiger partial charge in [-0.15, -0.1) is 0 Å². The van der Waals surface area contributed by atoms with Gasteiger partial charge in [-0.2, -0.15) is 0 Å². The Bertz CT molecular complexity index is 305. The minimum Gasteiger partial charge on any atom is -0.379 e. The Balaban J connectivity index is 2.51. The summed E-state index contributed by atoms with van der Waals surface area (Å²) in [5, 5.41) is 0. The molecule has 1 heterocycles. The van der Waals surface area contributed by atoms with Crippen LogP contribution >= 0.6 is 0 Å². The highest BCUT2D eigenvalue weighted by Gasteiger charge is 2.33. The van der Waals surface area contributed by atoms with Crippen LogP contribution in [0.2, 0.25) is 0 Å². The molecule has 0 aromatic heterocycles. The first-order chi connectivity index (χ1) is 8.51. The van der Waals surface area contributed by atoms with Crippen LogP contribution in [-0.2, 0) is 14.3 Å². The fourth-order valence-corrected chi connectivity index (χ4v) is 2.07. The lowest BCUT2D eigenvalue weighted by Crippen LogP contribution is -2.46. The topological polar surface area (TPSA) is 75.9 Å². The molecule has 0 radical (unpaired) electrons. The van der Waals surface area contributed by atoms with Crippen molar-refractivity contribution in [3.8, 4) is 0 Å². The van der Waals surface area contributed by atoms with Crippen molar-refractivity contribution in [2.24, 2.45) is 11.7 Å². The lowest BCUT2D eigenvalue weighted by atomic mass is 10.0. The minimum atomic E-state index is -0.320. The van der Waals surface area contributed by atoms with E-state index < -0.39 is 0 Å². The minimum absolute atomic E-state index is 0.0386. The Hall–Kier alpha value is -1.14. The summed E-state index contributed by atoms with van der Waals surface area (Å²) in [7, 11) is 1.63. The van der Waals surface area contributed by atoms with E-state index in [0.29, 0.717) is 26.3 Å². The van der Waals surface area contributed by atoms with Gasteiger partial charge in [-0.3, -0.25) is 9.59 Å². The highest BCUT2D eigenvalue weighted by molar-refractivity contribution is 5.86. The number of likely N-dealkylation sites (N-methyl/N-ethyl adjacent to an activating group) is 2. The maximum atomic E-state index is 12.1. The molecule has 0 bridgehead atoms. The van der Waals surface area contributed by atoms with Crippen LogP contribution in [0.15, 0.2) is 0 Å². The molecule has 6 heteroatoms. The van der Waals surface area contributed by atoms with Gasteiger partial charge in [-0.05, 0) is 13.8 Å². The van der Waals surface area contributed by atoms with E-state index in [9.17, 15) is 9.59 Å². The molecule has 0 aromatic carbocycles. The molecule has 1 saturated heterocycles. The molecule has 2 amide bonds. The lowest BCUT2D eigenvalue weighted by Gasteiger charge is -2.25. The van der Waals surface area contributed by atoms with Crippen molar-refractivity contribution >= 4 is 11.8 Å². The average molecular weight is 257 g/mol. The number of nitrogens with zero attached hydrogens (tertiary/aromatic N) is 2. The van der Waals surface area contributed by atoms with E-state index in [-0.39, 0.29) is 30.3 Å². The highest BCUT2D eigenvalue weighted by atomic mass is 16.5. The van der Waals surface area contributed by atoms with Gasteiger partial charge in [0.15, 0.2) is 0 Å². The molecule has 0 spiro atoms. The van der Waals surface area contributed by atoms with E-state index in [4.69, 9.17) is 10.5 Å². The Kier molecular flexibility index (Phi) is 5.55. The summed E-state index contributed by atoms with van der Waals surface area (Å²) >= 11 is 0. The molecule has 104 valence electrons. The monoisotopic (exact) mass is 257 g/mol. The Morgan fingerprint density at radius 1 is 1.28 bits per heavy atom. The van der Waals surface area contributed by atoms with Crippen LogP contribution in [0.3, 0.4) is 0 Å². The zero-order chi connectivity index (χ0) is 13.7. The lowest BCUT2D eigenvalue weighted by molar-refractivity contribution is -0.141. The predicted molar refractivity (Wildman–Crippen MR) is 67.8 cm³/mol. The molecule has 0 saturated carbocycles. The molecule has 6 nitrogen and oxygen atoms in total. The molecule has 0 aromatic rings. The van der Waals surface area contributed by atoms with Crippen molar-refractivity contribution in [1.82, 2.24) is 9.80 Å². The number of nitrogens with two attached hydrogens (primary N) is 1. The summed E-state index contributed by atoms with van der Waals surface area (Å²) in [6.07, 6.45) is 0. The summed E-state index contributed by atoms with van der Waals surface area (Å²) < 4.78 is 5.17. The van der Waals surface area contributed by atoms with Crippen LogP contribution < -0.4 is 5.73 Å². The highest BCUT2D eigenvalue weighted by Crippen LogP contribution is 2.14. The maximum Gasteiger partial charge on any atom is 0.242 e. The third-order valence-corrected chi connectivity index (χ3v) is 3.31. The van der Waals surface area contributed by atoms with E-state index in [1.165, 1.54) is 4.90 Å². The predicted octanol–water partition coefficient (Wildman–Crippen LogP) is -0.713. The molecular weight excluding hydrogens is 234 g/mol. The number of amides is 2. The van der Waals surface area contributed by atoms with Crippen LogP contribution in [0.25, 0.3) is 0 Å². The van der Waals surface area contributed by atoms with Gasteiger partial charge in [0, 0.05) is 26.2 Å². The summed E-state index contributed by atoms with van der Waals surface area (Å²) in [5.74, 6) is -0.469. The van der Waals surface area contributed by atoms with Crippen molar-refractivity contribution in [3.05, 3.63) is 0 Å². The fraction of sp³-hybridized carbons (Fsp3) is 0.833. The third-order valence-electron chi connectivity index (χ3n) is 3.31. The smallest absolute Gasteiger partial charge is 0.242 e. The van der Waals surface area contributed by atoms with Gasteiger partial charge in [0.1, 0.15) is 0 Å². The van der Waals surface area contributed by atoms with Crippen molar-refractivity contribution in [1.29, 1.82) is 0 Å². The van der Waals surface area contributed by atoms with Gasteiger partial charge < -0.3 is 20.3 Å². The molecule has 2 atom stereocenters. The van der Waals surface area contributed by atoms with E-state index in [0.717, 1.165) is 0 Å². The van der Waals surface area contributed by atoms with Crippen molar-refractivity contribution in [2.45, 2.75) is 19.9 Å². The second kappa shape index (κ2) is 6.70. The van der Waals surface area contributed by atoms with Gasteiger partial charge >= 0.3 is 0 Å². The largest absolute Gasteiger partial charge is 0.379 e. The second-order valence-corrected chi connectivity index (χ2v) is 4.57. The fourth-order valence-electron chi connectivity index (χ4n) is 2.07. The zero-order valence-corrected chi connectivity index (χ0v) is 11.4. The molecular formula is C12H23N3O3. The SMILES string of the molecule is CCN(CC)C(=O)CN(C)C(=O)C1COCC1N. The maximum absolute atomic E-state index is 12.1. The number of rotatable bonds is 5. The van der Waals surface area contributed by atoms with Gasteiger partial charge in [0.2, 0.25) is 11.8 Å². The van der Waals surface area contributed by atoms with Gasteiger partial charge in [-0.25, -0.2) is 0 Å². The second-order valence-electron chi connectivity index (χ2n) is 4.57. The summed E-state index contributed by atoms with van der Waals surface area (Å²) in [4.78, 5) is 27.1. The molecule has 18 heavy (non-hydrogen) atoms. The molecule has 1 aliphatic rings. The van der Waals surface area contributed by atoms with Crippen molar-refractivity contribution in [2.75, 3.05) is 39.9 Å². The third kappa shape index (κ3) is 3.43. The summed E-state index contributed by atoms with van der Waals surface area (Å²) in [6, 6.07) is -0.261. The van der Waals surface area contributed by atoms with Crippen molar-refractivity contribution < 1.29 is 14.3 Å². The Morgan fingerprint density at radius 3 is 2.33 bits per heavy atom. The first-order valence-electron chi connectivity index (χ1n) is 6.37. The number of carbonyl (C=O) groups is 2. The standard InChI is InChI=1S/C12H23N3O3/c1-4-15(5-2)11(16)6-14(3)12(17)9-7-18-8-10(9)13/h9-10H,4-8,13H2,1-3H3. The summed E-state index contributed by atoms with van der Waals surface area (Å²) in [6.45, 7) is 6.02. The van der Waals surface area contributed by atoms with Crippen molar-refractivity contribution in [3.63, 3.8) is 0 Å². The molecule has 1 aliphatic heterocycles. The van der Waals surface area contributed by atoms with Gasteiger partial charge in [0.05, 0.1) is 25.7 Å². The van der Waals surface area contributed by atoms with E-state index in [1.807, 2.05) is 13.8 Å². The normalized spacial score (nSPS) is 22.9. The van der Waals surface area contributed by atoms with Crippen LogP contribution in [0.1, 0.15) is 13.8 Å². The average Bonchev–Trinajstić information content (AvgIpc) is 2.76. The Morgan fingerprint density at radius 2 is 1.89 bits per heavy atom. The van der Waals surface area contributed by atoms with Crippen LogP contribution in [0.4, 0.5) is 0 Å². The molecule has 1 rings (SSSR count). The number of hydrogen-bond donors (Lipinski definition) is 1. The first-order valence-corrected chi connectivity index (χ1v) is 6.37. The zero-order valence-electron chi connectivity index (χ0n) is 11.4. The van der Waals surface area contributed by atoms with E-state index in [1.54, 1.807) is 11.9 Å². The van der Waals surface area contributed by atoms with E-state index in [2.05, 4.69) is 0 Å². The van der Waals surface area contributed by atoms with Crippen LogP contribution in [0.5, 0.6) is 0 Å². The number of carbonyl (C=O) groups excluding carboxylic acids is 2. The molecule has 1 fully saturated rings. The number of hydrogen-bond acceptors (Lipinski definition) is 4. The summed E-state index contributed by atoms with van der Waals surface area (Å²) in [5.41, 5.74) is 5.79. The molecule has 2 N–H and O–H groups in total. The number of ether oxygens (including phenoxy) is 1. The first kappa shape index (κ1) is 14.9. The Labute approximate surface area is 108 Å². The molecule has 2 unspecified atom stereocenters. The van der Waals surface area contributed by atoms with Gasteiger partial charge in [-0.1, -0.05) is 0 Å². The van der Waals surface area contributed by atoms with Crippen LogP contribution in [0, 0.1) is 5.92 Å². The van der Waals surface area contributed by atoms with Crippen LogP contribution in [-0.4, -0.2) is 67.6 Å². The van der Waals surface area contributed by atoms with E-state index >= 15 is 0 Å². The molecule has 0 aliphatic carbocycles. The van der Waals surface area contributed by atoms with Gasteiger partial charge in [0.25, 0.3) is 0 Å².